The fourth-order valence-electron chi connectivity index (χ4n) is 3.29. The highest BCUT2D eigenvalue weighted by Crippen LogP contribution is 2.23. The Hall–Kier alpha value is -2.11. The molecule has 4 nitrogen and oxygen atoms in total. The minimum absolute atomic E-state index is 0.110. The summed E-state index contributed by atoms with van der Waals surface area (Å²) in [5.74, 6) is 0.110. The number of hydrogen-bond donors (Lipinski definition) is 1. The molecule has 1 amide bonds. The molecule has 0 aliphatic carbocycles. The number of aromatic nitrogens is 1. The molecule has 0 saturated carbocycles. The molecule has 24 heavy (non-hydrogen) atoms. The van der Waals surface area contributed by atoms with E-state index in [0.717, 1.165) is 42.5 Å². The predicted octanol–water partition coefficient (Wildman–Crippen LogP) is 4.05. The molecule has 0 radical (unpaired) electrons. The predicted molar refractivity (Wildman–Crippen MR) is 96.3 cm³/mol. The quantitative estimate of drug-likeness (QED) is 0.779. The molecule has 1 fully saturated rings. The Bertz CT molecular complexity index is 819. The second-order valence-electron chi connectivity index (χ2n) is 6.14. The highest BCUT2D eigenvalue weighted by atomic mass is 32.1. The number of H-pyrrole nitrogens is 1. The number of nitrogens with one attached hydrogen (secondary N) is 1. The van der Waals surface area contributed by atoms with Crippen LogP contribution < -0.4 is 0 Å². The second kappa shape index (κ2) is 6.79. The zero-order chi connectivity index (χ0) is 16.4. The Morgan fingerprint density at radius 2 is 2.12 bits per heavy atom. The number of hydrogen-bond acceptors (Lipinski definition) is 3. The Labute approximate surface area is 145 Å². The summed E-state index contributed by atoms with van der Waals surface area (Å²) in [6.07, 6.45) is 3.72. The molecule has 1 aliphatic heterocycles. The van der Waals surface area contributed by atoms with Crippen LogP contribution >= 0.6 is 11.3 Å². The number of rotatable bonds is 4. The molecule has 1 saturated heterocycles. The summed E-state index contributed by atoms with van der Waals surface area (Å²) in [6.45, 7) is 2.14. The van der Waals surface area contributed by atoms with Gasteiger partial charge in [-0.3, -0.25) is 4.79 Å². The summed E-state index contributed by atoms with van der Waals surface area (Å²) in [7, 11) is 0. The SMILES string of the molecule is O=C(c1ccc2[nH]ccc2c1)N(Cc1cccs1)C1CCOCC1. The summed E-state index contributed by atoms with van der Waals surface area (Å²) in [5.41, 5.74) is 1.81. The number of thiophene rings is 1. The molecule has 3 aromatic rings. The molecule has 5 heteroatoms. The monoisotopic (exact) mass is 340 g/mol. The average molecular weight is 340 g/mol. The van der Waals surface area contributed by atoms with Gasteiger partial charge in [-0.15, -0.1) is 11.3 Å². The summed E-state index contributed by atoms with van der Waals surface area (Å²) >= 11 is 1.70. The first-order chi connectivity index (χ1) is 11.8. The highest BCUT2D eigenvalue weighted by molar-refractivity contribution is 7.09. The number of benzene rings is 1. The third-order valence-electron chi connectivity index (χ3n) is 4.60. The second-order valence-corrected chi connectivity index (χ2v) is 7.17. The van der Waals surface area contributed by atoms with Crippen LogP contribution in [0.15, 0.2) is 48.0 Å². The molecule has 4 rings (SSSR count). The summed E-state index contributed by atoms with van der Waals surface area (Å²) in [5, 5.41) is 3.14. The van der Waals surface area contributed by atoms with E-state index in [2.05, 4.69) is 16.4 Å². The number of ether oxygens (including phenoxy) is 1. The van der Waals surface area contributed by atoms with E-state index < -0.39 is 0 Å². The van der Waals surface area contributed by atoms with Crippen LogP contribution in [0.4, 0.5) is 0 Å². The van der Waals surface area contributed by atoms with Crippen LogP contribution in [0.3, 0.4) is 0 Å². The molecule has 0 atom stereocenters. The largest absolute Gasteiger partial charge is 0.381 e. The molecule has 3 heterocycles. The number of nitrogens with zero attached hydrogens (tertiary/aromatic N) is 1. The molecule has 1 N–H and O–H groups in total. The Morgan fingerprint density at radius 1 is 1.25 bits per heavy atom. The minimum atomic E-state index is 0.110. The lowest BCUT2D eigenvalue weighted by molar-refractivity contribution is 0.0270. The van der Waals surface area contributed by atoms with E-state index in [0.29, 0.717) is 6.54 Å². The van der Waals surface area contributed by atoms with Crippen molar-refractivity contribution in [3.63, 3.8) is 0 Å². The lowest BCUT2D eigenvalue weighted by atomic mass is 10.0. The van der Waals surface area contributed by atoms with Crippen molar-refractivity contribution in [1.82, 2.24) is 9.88 Å². The number of carbonyl (C=O) groups excluding carboxylic acids is 1. The van der Waals surface area contributed by atoms with Crippen molar-refractivity contribution in [2.75, 3.05) is 13.2 Å². The van der Waals surface area contributed by atoms with E-state index in [1.165, 1.54) is 4.88 Å². The Morgan fingerprint density at radius 3 is 2.92 bits per heavy atom. The van der Waals surface area contributed by atoms with E-state index in [1.54, 1.807) is 11.3 Å². The third kappa shape index (κ3) is 3.09. The topological polar surface area (TPSA) is 45.3 Å². The van der Waals surface area contributed by atoms with Crippen molar-refractivity contribution in [3.8, 4) is 0 Å². The van der Waals surface area contributed by atoms with Crippen LogP contribution in [0, 0.1) is 0 Å². The van der Waals surface area contributed by atoms with Gasteiger partial charge in [-0.2, -0.15) is 0 Å². The summed E-state index contributed by atoms with van der Waals surface area (Å²) in [6, 6.07) is 12.3. The fourth-order valence-corrected chi connectivity index (χ4v) is 3.99. The fraction of sp³-hybridized carbons (Fsp3) is 0.316. The van der Waals surface area contributed by atoms with Gasteiger partial charge in [-0.05, 0) is 48.6 Å². The molecule has 2 aromatic heterocycles. The van der Waals surface area contributed by atoms with Crippen molar-refractivity contribution in [2.45, 2.75) is 25.4 Å². The third-order valence-corrected chi connectivity index (χ3v) is 5.46. The molecule has 0 bridgehead atoms. The van der Waals surface area contributed by atoms with Crippen molar-refractivity contribution >= 4 is 28.1 Å². The first-order valence-corrected chi connectivity index (χ1v) is 9.17. The lowest BCUT2D eigenvalue weighted by Gasteiger charge is -2.34. The van der Waals surface area contributed by atoms with Crippen LogP contribution in [0.2, 0.25) is 0 Å². The van der Waals surface area contributed by atoms with Gasteiger partial charge in [-0.25, -0.2) is 0 Å². The van der Waals surface area contributed by atoms with E-state index in [9.17, 15) is 4.79 Å². The summed E-state index contributed by atoms with van der Waals surface area (Å²) in [4.78, 5) is 19.6. The normalized spacial score (nSPS) is 15.7. The van der Waals surface area contributed by atoms with Crippen LogP contribution in [0.25, 0.3) is 10.9 Å². The molecular formula is C19H20N2O2S. The van der Waals surface area contributed by atoms with Gasteiger partial charge in [0.25, 0.3) is 5.91 Å². The van der Waals surface area contributed by atoms with Gasteiger partial charge in [0.05, 0.1) is 6.54 Å². The van der Waals surface area contributed by atoms with Crippen LogP contribution in [0.1, 0.15) is 28.1 Å². The van der Waals surface area contributed by atoms with Crippen molar-refractivity contribution in [3.05, 3.63) is 58.4 Å². The van der Waals surface area contributed by atoms with Gasteiger partial charge in [-0.1, -0.05) is 6.07 Å². The van der Waals surface area contributed by atoms with Crippen molar-refractivity contribution < 1.29 is 9.53 Å². The van der Waals surface area contributed by atoms with Gasteiger partial charge in [0, 0.05) is 46.8 Å². The molecule has 1 aromatic carbocycles. The van der Waals surface area contributed by atoms with Crippen LogP contribution in [-0.4, -0.2) is 35.0 Å². The minimum Gasteiger partial charge on any atom is -0.381 e. The van der Waals surface area contributed by atoms with Crippen molar-refractivity contribution in [2.24, 2.45) is 0 Å². The molecule has 0 spiro atoms. The maximum Gasteiger partial charge on any atom is 0.254 e. The van der Waals surface area contributed by atoms with Gasteiger partial charge in [0.2, 0.25) is 0 Å². The highest BCUT2D eigenvalue weighted by Gasteiger charge is 2.27. The summed E-state index contributed by atoms with van der Waals surface area (Å²) < 4.78 is 5.48. The average Bonchev–Trinajstić information content (AvgIpc) is 3.30. The number of fused-ring (bicyclic) bond motifs is 1. The Balaban J connectivity index is 1.63. The van der Waals surface area contributed by atoms with Gasteiger partial charge >= 0.3 is 0 Å². The van der Waals surface area contributed by atoms with E-state index in [-0.39, 0.29) is 11.9 Å². The number of aromatic amines is 1. The molecular weight excluding hydrogens is 320 g/mol. The van der Waals surface area contributed by atoms with E-state index >= 15 is 0 Å². The van der Waals surface area contributed by atoms with Crippen LogP contribution in [0.5, 0.6) is 0 Å². The smallest absolute Gasteiger partial charge is 0.254 e. The standard InChI is InChI=1S/C19H20N2O2S/c22-19(15-3-4-18-14(12-15)5-8-20-18)21(13-17-2-1-11-24-17)16-6-9-23-10-7-16/h1-5,8,11-12,16,20H,6-7,9-10,13H2. The Kier molecular flexibility index (Phi) is 4.36. The molecule has 124 valence electrons. The van der Waals surface area contributed by atoms with Gasteiger partial charge in [0.15, 0.2) is 0 Å². The molecule has 0 unspecified atom stereocenters. The number of carbonyl (C=O) groups is 1. The zero-order valence-corrected chi connectivity index (χ0v) is 14.2. The van der Waals surface area contributed by atoms with Crippen molar-refractivity contribution in [1.29, 1.82) is 0 Å². The maximum atomic E-state index is 13.2. The van der Waals surface area contributed by atoms with Gasteiger partial charge in [0.1, 0.15) is 0 Å². The first-order valence-electron chi connectivity index (χ1n) is 8.29. The lowest BCUT2D eigenvalue weighted by Crippen LogP contribution is -2.42. The zero-order valence-electron chi connectivity index (χ0n) is 13.4. The van der Waals surface area contributed by atoms with Gasteiger partial charge < -0.3 is 14.6 Å². The van der Waals surface area contributed by atoms with Crippen LogP contribution in [-0.2, 0) is 11.3 Å². The van der Waals surface area contributed by atoms with E-state index in [4.69, 9.17) is 4.74 Å². The number of amides is 1. The first kappa shape index (κ1) is 15.4. The maximum absolute atomic E-state index is 13.2. The molecule has 1 aliphatic rings. The van der Waals surface area contributed by atoms with E-state index in [1.807, 2.05) is 41.4 Å².